The van der Waals surface area contributed by atoms with Gasteiger partial charge < -0.3 is 10.1 Å². The van der Waals surface area contributed by atoms with E-state index >= 15 is 0 Å². The second kappa shape index (κ2) is 10.8. The number of aromatic nitrogens is 1. The van der Waals surface area contributed by atoms with Gasteiger partial charge in [-0.3, -0.25) is 9.69 Å². The SMILES string of the molecule is O=C(CSc1ccc(S(=O)(=O)N2CCOCC2)cn1)NC1CCN(Cc2ccccc2)C1. The number of hydrogen-bond acceptors (Lipinski definition) is 7. The summed E-state index contributed by atoms with van der Waals surface area (Å²) in [5, 5.41) is 3.72. The first-order valence-corrected chi connectivity index (χ1v) is 13.2. The number of hydrogen-bond donors (Lipinski definition) is 1. The van der Waals surface area contributed by atoms with Gasteiger partial charge in [-0.2, -0.15) is 4.31 Å². The first-order chi connectivity index (χ1) is 15.5. The summed E-state index contributed by atoms with van der Waals surface area (Å²) in [4.78, 5) is 19.1. The first kappa shape index (κ1) is 23.2. The maximum atomic E-state index is 12.7. The molecule has 1 aromatic carbocycles. The number of benzene rings is 1. The maximum Gasteiger partial charge on any atom is 0.244 e. The van der Waals surface area contributed by atoms with Gasteiger partial charge >= 0.3 is 0 Å². The van der Waals surface area contributed by atoms with Crippen LogP contribution in [0.1, 0.15) is 12.0 Å². The summed E-state index contributed by atoms with van der Waals surface area (Å²) in [6.07, 6.45) is 2.30. The van der Waals surface area contributed by atoms with Crippen LogP contribution in [0.15, 0.2) is 58.6 Å². The van der Waals surface area contributed by atoms with Crippen LogP contribution in [0.25, 0.3) is 0 Å². The normalized spacial score (nSPS) is 20.3. The van der Waals surface area contributed by atoms with Gasteiger partial charge in [0.2, 0.25) is 15.9 Å². The third-order valence-electron chi connectivity index (χ3n) is 5.55. The van der Waals surface area contributed by atoms with E-state index in [1.54, 1.807) is 12.1 Å². The Kier molecular flexibility index (Phi) is 7.80. The van der Waals surface area contributed by atoms with E-state index in [0.717, 1.165) is 26.1 Å². The highest BCUT2D eigenvalue weighted by atomic mass is 32.2. The fourth-order valence-electron chi connectivity index (χ4n) is 3.89. The summed E-state index contributed by atoms with van der Waals surface area (Å²) in [5.74, 6) is 0.214. The van der Waals surface area contributed by atoms with E-state index in [1.807, 2.05) is 18.2 Å². The predicted octanol–water partition coefficient (Wildman–Crippen LogP) is 1.59. The number of carbonyl (C=O) groups is 1. The number of pyridine rings is 1. The van der Waals surface area contributed by atoms with Crippen molar-refractivity contribution in [3.63, 3.8) is 0 Å². The second-order valence-corrected chi connectivity index (χ2v) is 10.8. The van der Waals surface area contributed by atoms with Crippen molar-refractivity contribution < 1.29 is 17.9 Å². The molecule has 0 aliphatic carbocycles. The lowest BCUT2D eigenvalue weighted by molar-refractivity contribution is -0.119. The molecule has 3 heterocycles. The van der Waals surface area contributed by atoms with Gasteiger partial charge in [0.05, 0.1) is 24.0 Å². The van der Waals surface area contributed by atoms with Crippen molar-refractivity contribution >= 4 is 27.7 Å². The monoisotopic (exact) mass is 476 g/mol. The van der Waals surface area contributed by atoms with E-state index in [0.29, 0.717) is 31.3 Å². The van der Waals surface area contributed by atoms with Gasteiger partial charge in [0, 0.05) is 45.0 Å². The van der Waals surface area contributed by atoms with Crippen LogP contribution in [0.5, 0.6) is 0 Å². The van der Waals surface area contributed by atoms with E-state index < -0.39 is 10.0 Å². The molecule has 2 aromatic rings. The summed E-state index contributed by atoms with van der Waals surface area (Å²) < 4.78 is 31.9. The number of likely N-dealkylation sites (tertiary alicyclic amines) is 1. The number of ether oxygens (including phenoxy) is 1. The number of thioether (sulfide) groups is 1. The van der Waals surface area contributed by atoms with Gasteiger partial charge in [-0.05, 0) is 24.1 Å². The Bertz CT molecular complexity index is 996. The molecule has 2 aliphatic rings. The third-order valence-corrected chi connectivity index (χ3v) is 8.38. The molecule has 32 heavy (non-hydrogen) atoms. The minimum absolute atomic E-state index is 0.0339. The van der Waals surface area contributed by atoms with E-state index in [-0.39, 0.29) is 22.6 Å². The Labute approximate surface area is 193 Å². The standard InChI is InChI=1S/C22H28N4O4S2/c27-21(24-19-8-9-25(16-19)15-18-4-2-1-3-5-18)17-31-22-7-6-20(14-23-22)32(28,29)26-10-12-30-13-11-26/h1-7,14,19H,8-13,15-17H2,(H,24,27). The molecule has 2 fully saturated rings. The number of sulfonamides is 1. The Hall–Kier alpha value is -1.98. The average Bonchev–Trinajstić information content (AvgIpc) is 3.25. The molecule has 1 atom stereocenters. The van der Waals surface area contributed by atoms with Crippen LogP contribution in [0, 0.1) is 0 Å². The fraction of sp³-hybridized carbons (Fsp3) is 0.455. The van der Waals surface area contributed by atoms with E-state index in [1.165, 1.54) is 27.8 Å². The molecular formula is C22H28N4O4S2. The molecule has 1 aromatic heterocycles. The molecule has 0 spiro atoms. The Balaban J connectivity index is 1.22. The quantitative estimate of drug-likeness (QED) is 0.579. The number of carbonyl (C=O) groups excluding carboxylic acids is 1. The van der Waals surface area contributed by atoms with Gasteiger partial charge in [0.25, 0.3) is 0 Å². The van der Waals surface area contributed by atoms with Gasteiger partial charge in [-0.15, -0.1) is 0 Å². The van der Waals surface area contributed by atoms with Crippen molar-refractivity contribution in [3.05, 3.63) is 54.2 Å². The summed E-state index contributed by atoms with van der Waals surface area (Å²) in [7, 11) is -3.56. The summed E-state index contributed by atoms with van der Waals surface area (Å²) >= 11 is 1.31. The number of morpholine rings is 1. The Morgan fingerprint density at radius 3 is 2.62 bits per heavy atom. The van der Waals surface area contributed by atoms with E-state index in [9.17, 15) is 13.2 Å². The van der Waals surface area contributed by atoms with Crippen LogP contribution in [0.3, 0.4) is 0 Å². The summed E-state index contributed by atoms with van der Waals surface area (Å²) in [6.45, 7) is 4.21. The minimum atomic E-state index is -3.56. The van der Waals surface area contributed by atoms with Gasteiger partial charge in [-0.25, -0.2) is 13.4 Å². The highest BCUT2D eigenvalue weighted by molar-refractivity contribution is 7.99. The largest absolute Gasteiger partial charge is 0.379 e. The Morgan fingerprint density at radius 2 is 1.91 bits per heavy atom. The zero-order chi connectivity index (χ0) is 22.4. The molecule has 172 valence electrons. The zero-order valence-corrected chi connectivity index (χ0v) is 19.5. The summed E-state index contributed by atoms with van der Waals surface area (Å²) in [6, 6.07) is 13.7. The fourth-order valence-corrected chi connectivity index (χ4v) is 5.89. The highest BCUT2D eigenvalue weighted by Gasteiger charge is 2.27. The Morgan fingerprint density at radius 1 is 1.12 bits per heavy atom. The highest BCUT2D eigenvalue weighted by Crippen LogP contribution is 2.21. The van der Waals surface area contributed by atoms with Crippen molar-refractivity contribution in [2.45, 2.75) is 28.9 Å². The molecule has 4 rings (SSSR count). The molecule has 1 amide bonds. The van der Waals surface area contributed by atoms with Gasteiger partial charge in [0.15, 0.2) is 0 Å². The number of rotatable bonds is 8. The maximum absolute atomic E-state index is 12.7. The first-order valence-electron chi connectivity index (χ1n) is 10.7. The van der Waals surface area contributed by atoms with Gasteiger partial charge in [0.1, 0.15) is 4.90 Å². The smallest absolute Gasteiger partial charge is 0.244 e. The molecule has 8 nitrogen and oxygen atoms in total. The molecule has 1 N–H and O–H groups in total. The third kappa shape index (κ3) is 6.08. The molecule has 0 bridgehead atoms. The lowest BCUT2D eigenvalue weighted by atomic mass is 10.2. The minimum Gasteiger partial charge on any atom is -0.379 e. The lowest BCUT2D eigenvalue weighted by Crippen LogP contribution is -2.40. The summed E-state index contributed by atoms with van der Waals surface area (Å²) in [5.41, 5.74) is 1.28. The van der Waals surface area contributed by atoms with Crippen LogP contribution in [-0.4, -0.2) is 79.7 Å². The van der Waals surface area contributed by atoms with Crippen LogP contribution >= 0.6 is 11.8 Å². The van der Waals surface area contributed by atoms with Crippen molar-refractivity contribution in [2.75, 3.05) is 45.1 Å². The molecule has 0 radical (unpaired) electrons. The number of amides is 1. The van der Waals surface area contributed by atoms with Crippen LogP contribution in [0.4, 0.5) is 0 Å². The topological polar surface area (TPSA) is 91.8 Å². The molecule has 2 saturated heterocycles. The molecule has 0 saturated carbocycles. The molecule has 1 unspecified atom stereocenters. The molecule has 2 aliphatic heterocycles. The lowest BCUT2D eigenvalue weighted by Gasteiger charge is -2.25. The predicted molar refractivity (Wildman–Crippen MR) is 123 cm³/mol. The number of nitrogens with zero attached hydrogens (tertiary/aromatic N) is 3. The van der Waals surface area contributed by atoms with Crippen LogP contribution in [0.2, 0.25) is 0 Å². The molecular weight excluding hydrogens is 448 g/mol. The van der Waals surface area contributed by atoms with E-state index in [4.69, 9.17) is 4.74 Å². The number of nitrogens with one attached hydrogen (secondary N) is 1. The van der Waals surface area contributed by atoms with Crippen molar-refractivity contribution in [2.24, 2.45) is 0 Å². The molecule has 10 heteroatoms. The zero-order valence-electron chi connectivity index (χ0n) is 17.9. The van der Waals surface area contributed by atoms with Gasteiger partial charge in [-0.1, -0.05) is 42.1 Å². The van der Waals surface area contributed by atoms with Crippen molar-refractivity contribution in [1.82, 2.24) is 19.5 Å². The van der Waals surface area contributed by atoms with E-state index in [2.05, 4.69) is 27.3 Å². The second-order valence-electron chi connectivity index (χ2n) is 7.91. The van der Waals surface area contributed by atoms with Crippen molar-refractivity contribution in [1.29, 1.82) is 0 Å². The average molecular weight is 477 g/mol. The van der Waals surface area contributed by atoms with Crippen LogP contribution in [-0.2, 0) is 26.1 Å². The van der Waals surface area contributed by atoms with Crippen LogP contribution < -0.4 is 5.32 Å². The van der Waals surface area contributed by atoms with Crippen molar-refractivity contribution in [3.8, 4) is 0 Å².